The van der Waals surface area contributed by atoms with Crippen LogP contribution in [0.4, 0.5) is 0 Å². The van der Waals surface area contributed by atoms with Crippen LogP contribution in [0.25, 0.3) is 0 Å². The molecule has 1 N–H and O–H groups in total. The van der Waals surface area contributed by atoms with Gasteiger partial charge in [-0.2, -0.15) is 0 Å². The second-order valence-corrected chi connectivity index (χ2v) is 5.33. The molecule has 0 aliphatic carbocycles. The highest BCUT2D eigenvalue weighted by molar-refractivity contribution is 5.79. The summed E-state index contributed by atoms with van der Waals surface area (Å²) >= 11 is 0. The number of rotatable bonds is 4. The second-order valence-electron chi connectivity index (χ2n) is 5.33. The van der Waals surface area contributed by atoms with Crippen molar-refractivity contribution in [1.82, 2.24) is 20.0 Å². The molecule has 1 unspecified atom stereocenters. The fraction of sp³-hybridized carbons (Fsp3) is 0.917. The third-order valence-corrected chi connectivity index (χ3v) is 3.63. The Labute approximate surface area is 104 Å². The molecule has 0 aromatic rings. The molecular formula is C12H24N4O. The van der Waals surface area contributed by atoms with Gasteiger partial charge in [-0.15, -0.1) is 0 Å². The van der Waals surface area contributed by atoms with Crippen LogP contribution < -0.4 is 5.32 Å². The summed E-state index contributed by atoms with van der Waals surface area (Å²) in [6.45, 7) is 6.54. The molecule has 0 saturated carbocycles. The van der Waals surface area contributed by atoms with Crippen LogP contribution in [0, 0.1) is 0 Å². The van der Waals surface area contributed by atoms with E-state index in [-0.39, 0.29) is 0 Å². The molecule has 0 bridgehead atoms. The molecule has 5 nitrogen and oxygen atoms in total. The molecule has 0 aromatic heterocycles. The van der Waals surface area contributed by atoms with Crippen LogP contribution in [0.5, 0.6) is 0 Å². The summed E-state index contributed by atoms with van der Waals surface area (Å²) in [5.41, 5.74) is 0. The Kier molecular flexibility index (Phi) is 4.36. The smallest absolute Gasteiger partial charge is 0.236 e. The van der Waals surface area contributed by atoms with E-state index in [1.165, 1.54) is 0 Å². The maximum absolute atomic E-state index is 12.0. The van der Waals surface area contributed by atoms with Crippen LogP contribution >= 0.6 is 0 Å². The minimum Gasteiger partial charge on any atom is -0.340 e. The molecular weight excluding hydrogens is 216 g/mol. The van der Waals surface area contributed by atoms with Crippen molar-refractivity contribution in [3.8, 4) is 0 Å². The number of fused-ring (bicyclic) bond motifs is 1. The lowest BCUT2D eigenvalue weighted by Gasteiger charge is -2.43. The van der Waals surface area contributed by atoms with Crippen molar-refractivity contribution in [2.24, 2.45) is 0 Å². The topological polar surface area (TPSA) is 38.8 Å². The van der Waals surface area contributed by atoms with Crippen molar-refractivity contribution in [3.05, 3.63) is 0 Å². The highest BCUT2D eigenvalue weighted by atomic mass is 16.2. The van der Waals surface area contributed by atoms with Gasteiger partial charge >= 0.3 is 0 Å². The van der Waals surface area contributed by atoms with Crippen molar-refractivity contribution in [2.45, 2.75) is 12.5 Å². The van der Waals surface area contributed by atoms with E-state index in [1.54, 1.807) is 0 Å². The summed E-state index contributed by atoms with van der Waals surface area (Å²) in [6.07, 6.45) is 1.07. The Bertz CT molecular complexity index is 269. The van der Waals surface area contributed by atoms with Gasteiger partial charge < -0.3 is 15.1 Å². The summed E-state index contributed by atoms with van der Waals surface area (Å²) in [4.78, 5) is 18.5. The number of piperazine rings is 2. The molecule has 98 valence electrons. The summed E-state index contributed by atoms with van der Waals surface area (Å²) in [6, 6.07) is 0.529. The molecule has 2 aliphatic rings. The van der Waals surface area contributed by atoms with E-state index >= 15 is 0 Å². The maximum Gasteiger partial charge on any atom is 0.236 e. The van der Waals surface area contributed by atoms with E-state index in [1.807, 2.05) is 4.90 Å². The summed E-state index contributed by atoms with van der Waals surface area (Å²) in [5, 5.41) is 3.41. The maximum atomic E-state index is 12.0. The van der Waals surface area contributed by atoms with E-state index in [0.717, 1.165) is 45.7 Å². The summed E-state index contributed by atoms with van der Waals surface area (Å²) in [5.74, 6) is 0.307. The fourth-order valence-corrected chi connectivity index (χ4v) is 2.61. The minimum absolute atomic E-state index is 0.307. The van der Waals surface area contributed by atoms with Gasteiger partial charge in [-0.05, 0) is 27.1 Å². The quantitative estimate of drug-likeness (QED) is 0.688. The molecule has 5 heteroatoms. The number of carbonyl (C=O) groups excluding carboxylic acids is 1. The Hall–Kier alpha value is -0.650. The van der Waals surface area contributed by atoms with Crippen LogP contribution in [0.2, 0.25) is 0 Å². The van der Waals surface area contributed by atoms with Crippen molar-refractivity contribution in [1.29, 1.82) is 0 Å². The van der Waals surface area contributed by atoms with E-state index in [0.29, 0.717) is 18.5 Å². The van der Waals surface area contributed by atoms with Gasteiger partial charge in [0.25, 0.3) is 0 Å². The van der Waals surface area contributed by atoms with E-state index in [9.17, 15) is 4.79 Å². The Morgan fingerprint density at radius 3 is 3.06 bits per heavy atom. The number of hydrogen-bond donors (Lipinski definition) is 1. The first-order valence-corrected chi connectivity index (χ1v) is 6.54. The molecule has 17 heavy (non-hydrogen) atoms. The molecule has 1 atom stereocenters. The van der Waals surface area contributed by atoms with Gasteiger partial charge in [-0.3, -0.25) is 9.69 Å². The lowest BCUT2D eigenvalue weighted by atomic mass is 10.1. The van der Waals surface area contributed by atoms with Gasteiger partial charge in [0.15, 0.2) is 0 Å². The van der Waals surface area contributed by atoms with Crippen LogP contribution in [0.1, 0.15) is 6.42 Å². The lowest BCUT2D eigenvalue weighted by Crippen LogP contribution is -2.63. The highest BCUT2D eigenvalue weighted by Crippen LogP contribution is 2.12. The zero-order chi connectivity index (χ0) is 12.3. The van der Waals surface area contributed by atoms with Crippen molar-refractivity contribution >= 4 is 5.91 Å². The molecule has 2 aliphatic heterocycles. The highest BCUT2D eigenvalue weighted by Gasteiger charge is 2.32. The van der Waals surface area contributed by atoms with Crippen molar-refractivity contribution < 1.29 is 4.79 Å². The molecule has 1 amide bonds. The van der Waals surface area contributed by atoms with Gasteiger partial charge in [-0.25, -0.2) is 0 Å². The number of nitrogens with one attached hydrogen (secondary N) is 1. The zero-order valence-electron chi connectivity index (χ0n) is 11.0. The van der Waals surface area contributed by atoms with E-state index in [4.69, 9.17) is 0 Å². The zero-order valence-corrected chi connectivity index (χ0v) is 11.0. The molecule has 2 saturated heterocycles. The Balaban J connectivity index is 1.80. The average Bonchev–Trinajstić information content (AvgIpc) is 2.29. The van der Waals surface area contributed by atoms with Gasteiger partial charge in [0.2, 0.25) is 5.91 Å². The van der Waals surface area contributed by atoms with Gasteiger partial charge in [0, 0.05) is 38.8 Å². The predicted octanol–water partition coefficient (Wildman–Crippen LogP) is -0.946. The normalized spacial score (nSPS) is 26.4. The van der Waals surface area contributed by atoms with Gasteiger partial charge in [0.05, 0.1) is 6.54 Å². The molecule has 0 spiro atoms. The fourth-order valence-electron chi connectivity index (χ4n) is 2.61. The molecule has 2 rings (SSSR count). The number of carbonyl (C=O) groups is 1. The van der Waals surface area contributed by atoms with Gasteiger partial charge in [-0.1, -0.05) is 0 Å². The average molecular weight is 240 g/mol. The van der Waals surface area contributed by atoms with Gasteiger partial charge in [0.1, 0.15) is 0 Å². The van der Waals surface area contributed by atoms with E-state index < -0.39 is 0 Å². The Morgan fingerprint density at radius 1 is 1.47 bits per heavy atom. The van der Waals surface area contributed by atoms with Crippen molar-refractivity contribution in [2.75, 3.05) is 59.9 Å². The minimum atomic E-state index is 0.307. The van der Waals surface area contributed by atoms with Crippen LogP contribution in [-0.2, 0) is 4.79 Å². The molecule has 2 fully saturated rings. The molecule has 0 radical (unpaired) electrons. The molecule has 0 aromatic carbocycles. The standard InChI is InChI=1S/C12H24N4O/c1-14(2)5-3-6-16-9-11-8-13-4-7-15(11)10-12(16)17/h11,13H,3-10H2,1-2H3. The first-order valence-electron chi connectivity index (χ1n) is 6.54. The largest absolute Gasteiger partial charge is 0.340 e. The monoisotopic (exact) mass is 240 g/mol. The first-order chi connectivity index (χ1) is 8.16. The lowest BCUT2D eigenvalue weighted by molar-refractivity contribution is -0.139. The van der Waals surface area contributed by atoms with Crippen molar-refractivity contribution in [3.63, 3.8) is 0 Å². The third kappa shape index (κ3) is 3.40. The third-order valence-electron chi connectivity index (χ3n) is 3.63. The molecule has 2 heterocycles. The summed E-state index contributed by atoms with van der Waals surface area (Å²) in [7, 11) is 4.15. The van der Waals surface area contributed by atoms with Crippen LogP contribution in [0.3, 0.4) is 0 Å². The SMILES string of the molecule is CN(C)CCCN1CC2CNCCN2CC1=O. The van der Waals surface area contributed by atoms with Crippen LogP contribution in [0.15, 0.2) is 0 Å². The number of amides is 1. The summed E-state index contributed by atoms with van der Waals surface area (Å²) < 4.78 is 0. The second kappa shape index (κ2) is 5.80. The van der Waals surface area contributed by atoms with Crippen LogP contribution in [-0.4, -0.2) is 86.6 Å². The predicted molar refractivity (Wildman–Crippen MR) is 68.0 cm³/mol. The van der Waals surface area contributed by atoms with E-state index in [2.05, 4.69) is 29.2 Å². The first kappa shape index (κ1) is 12.8. The number of nitrogens with zero attached hydrogens (tertiary/aromatic N) is 3. The Morgan fingerprint density at radius 2 is 2.29 bits per heavy atom. The number of hydrogen-bond acceptors (Lipinski definition) is 4.